The summed E-state index contributed by atoms with van der Waals surface area (Å²) in [6, 6.07) is 46.0. The number of H-pyrrole nitrogens is 1. The summed E-state index contributed by atoms with van der Waals surface area (Å²) in [6.07, 6.45) is 0. The van der Waals surface area contributed by atoms with Crippen LogP contribution < -0.4 is 0 Å². The smallest absolute Gasteiger partial charge is 0.123 e. The fourth-order valence-electron chi connectivity index (χ4n) is 6.18. The third-order valence-corrected chi connectivity index (χ3v) is 8.62. The molecule has 0 spiro atoms. The second kappa shape index (κ2) is 11.8. The quantitative estimate of drug-likeness (QED) is 0.153. The van der Waals surface area contributed by atoms with Gasteiger partial charge >= 0.3 is 0 Å². The first-order chi connectivity index (χ1) is 22.4. The summed E-state index contributed by atoms with van der Waals surface area (Å²) in [5, 5.41) is 35.8. The molecule has 7 aromatic carbocycles. The molecule has 8 aromatic rings. The van der Waals surface area contributed by atoms with Gasteiger partial charge in [0, 0.05) is 22.0 Å². The number of para-hydroxylation sites is 2. The number of aromatic hydroxyl groups is 3. The van der Waals surface area contributed by atoms with E-state index in [2.05, 4.69) is 65.6 Å². The highest BCUT2D eigenvalue weighted by molar-refractivity contribution is 6.06. The van der Waals surface area contributed by atoms with E-state index in [0.717, 1.165) is 60.9 Å². The van der Waals surface area contributed by atoms with Crippen LogP contribution in [0.5, 0.6) is 17.2 Å². The molecule has 0 fully saturated rings. The van der Waals surface area contributed by atoms with Gasteiger partial charge in [0.25, 0.3) is 0 Å². The summed E-state index contributed by atoms with van der Waals surface area (Å²) < 4.78 is 0. The van der Waals surface area contributed by atoms with Gasteiger partial charge in [0.05, 0.1) is 5.69 Å². The Hall–Kier alpha value is -6.00. The minimum Gasteiger partial charge on any atom is -0.508 e. The summed E-state index contributed by atoms with van der Waals surface area (Å²) in [5.74, 6) is 0.908. The van der Waals surface area contributed by atoms with Crippen LogP contribution >= 0.6 is 0 Å². The van der Waals surface area contributed by atoms with E-state index in [-0.39, 0.29) is 0 Å². The van der Waals surface area contributed by atoms with E-state index in [4.69, 9.17) is 0 Å². The van der Waals surface area contributed by atoms with Gasteiger partial charge in [-0.25, -0.2) is 0 Å². The van der Waals surface area contributed by atoms with Crippen molar-refractivity contribution in [2.24, 2.45) is 0 Å². The summed E-state index contributed by atoms with van der Waals surface area (Å²) in [6.45, 7) is 3.80. The van der Waals surface area contributed by atoms with E-state index in [1.165, 1.54) is 16.2 Å². The van der Waals surface area contributed by atoms with Crippen molar-refractivity contribution in [1.82, 2.24) is 4.98 Å². The molecule has 0 saturated carbocycles. The molecular formula is C42H33NO3. The second-order valence-electron chi connectivity index (χ2n) is 11.7. The van der Waals surface area contributed by atoms with Crippen molar-refractivity contribution >= 4 is 32.4 Å². The molecule has 0 unspecified atom stereocenters. The van der Waals surface area contributed by atoms with E-state index < -0.39 is 0 Å². The highest BCUT2D eigenvalue weighted by Gasteiger charge is 2.16. The molecule has 4 N–H and O–H groups in total. The fraction of sp³-hybridized carbons (Fsp3) is 0.0476. The SMILES string of the molecule is Cc1cc(-c2[nH]c3ccccc3c2-c2ccc(O)c(C)c2)ccc1O.Oc1ccccc1-c1cccc2cc3ccccc3cc12. The van der Waals surface area contributed by atoms with Gasteiger partial charge in [-0.05, 0) is 118 Å². The second-order valence-corrected chi connectivity index (χ2v) is 11.7. The maximum absolute atomic E-state index is 10.1. The molecule has 4 heteroatoms. The maximum atomic E-state index is 10.1. The van der Waals surface area contributed by atoms with Crippen LogP contribution in [0.3, 0.4) is 0 Å². The molecular weight excluding hydrogens is 566 g/mol. The van der Waals surface area contributed by atoms with Crippen LogP contribution in [0.4, 0.5) is 0 Å². The zero-order valence-electron chi connectivity index (χ0n) is 25.6. The largest absolute Gasteiger partial charge is 0.508 e. The maximum Gasteiger partial charge on any atom is 0.123 e. The van der Waals surface area contributed by atoms with Gasteiger partial charge in [-0.3, -0.25) is 0 Å². The van der Waals surface area contributed by atoms with Crippen LogP contribution in [0.1, 0.15) is 11.1 Å². The number of hydrogen-bond donors (Lipinski definition) is 4. The minimum absolute atomic E-state index is 0.293. The van der Waals surface area contributed by atoms with Crippen molar-refractivity contribution in [3.05, 3.63) is 151 Å². The Bertz CT molecular complexity index is 2380. The minimum atomic E-state index is 0.293. The highest BCUT2D eigenvalue weighted by Crippen LogP contribution is 2.40. The summed E-state index contributed by atoms with van der Waals surface area (Å²) in [7, 11) is 0. The Balaban J connectivity index is 0.000000149. The van der Waals surface area contributed by atoms with Crippen molar-refractivity contribution in [2.75, 3.05) is 0 Å². The van der Waals surface area contributed by atoms with Crippen LogP contribution in [0.25, 0.3) is 66.0 Å². The Morgan fingerprint density at radius 1 is 0.435 bits per heavy atom. The van der Waals surface area contributed by atoms with Crippen LogP contribution in [0.2, 0.25) is 0 Å². The van der Waals surface area contributed by atoms with Gasteiger partial charge in [-0.2, -0.15) is 0 Å². The molecule has 46 heavy (non-hydrogen) atoms. The third-order valence-electron chi connectivity index (χ3n) is 8.62. The molecule has 0 bridgehead atoms. The van der Waals surface area contributed by atoms with Crippen molar-refractivity contribution in [2.45, 2.75) is 13.8 Å². The van der Waals surface area contributed by atoms with Gasteiger partial charge in [0.1, 0.15) is 17.2 Å². The lowest BCUT2D eigenvalue weighted by Gasteiger charge is -2.10. The highest BCUT2D eigenvalue weighted by atomic mass is 16.3. The first-order valence-electron chi connectivity index (χ1n) is 15.3. The van der Waals surface area contributed by atoms with E-state index in [1.54, 1.807) is 18.2 Å². The van der Waals surface area contributed by atoms with E-state index in [0.29, 0.717) is 17.2 Å². The van der Waals surface area contributed by atoms with E-state index in [1.807, 2.05) is 74.5 Å². The number of nitrogens with one attached hydrogen (secondary N) is 1. The Morgan fingerprint density at radius 3 is 1.76 bits per heavy atom. The number of hydrogen-bond acceptors (Lipinski definition) is 3. The lowest BCUT2D eigenvalue weighted by atomic mass is 9.95. The zero-order chi connectivity index (χ0) is 31.8. The van der Waals surface area contributed by atoms with Gasteiger partial charge in [0.2, 0.25) is 0 Å². The first kappa shape index (κ1) is 28.8. The molecule has 0 aliphatic rings. The summed E-state index contributed by atoms with van der Waals surface area (Å²) in [5.41, 5.74) is 8.86. The number of aromatic nitrogens is 1. The van der Waals surface area contributed by atoms with Crippen molar-refractivity contribution in [3.8, 4) is 50.8 Å². The van der Waals surface area contributed by atoms with Crippen LogP contribution in [-0.4, -0.2) is 20.3 Å². The monoisotopic (exact) mass is 599 g/mol. The number of phenolic OH excluding ortho intramolecular Hbond substituents is 3. The number of phenols is 3. The standard InChI is InChI=1S/C22H19NO2.C20H14O/c1-13-11-15(7-9-19(13)24)21-17-5-3-4-6-18(17)23-22(21)16-8-10-20(25)14(2)12-16;21-20-11-4-3-9-18(20)17-10-5-8-16-12-14-6-1-2-7-15(14)13-19(16)17/h3-12,23-25H,1-2H3;1-13,21H. The molecule has 4 nitrogen and oxygen atoms in total. The molecule has 1 heterocycles. The average Bonchev–Trinajstić information content (AvgIpc) is 3.46. The Kier molecular flexibility index (Phi) is 7.39. The topological polar surface area (TPSA) is 76.5 Å². The molecule has 8 rings (SSSR count). The molecule has 0 saturated heterocycles. The molecule has 1 aromatic heterocycles. The van der Waals surface area contributed by atoms with Gasteiger partial charge < -0.3 is 20.3 Å². The molecule has 224 valence electrons. The number of fused-ring (bicyclic) bond motifs is 3. The van der Waals surface area contributed by atoms with Crippen LogP contribution in [-0.2, 0) is 0 Å². The predicted octanol–water partition coefficient (Wildman–Crippen LogP) is 10.9. The number of aryl methyl sites for hydroxylation is 2. The summed E-state index contributed by atoms with van der Waals surface area (Å²) in [4.78, 5) is 3.52. The molecule has 0 radical (unpaired) electrons. The normalized spacial score (nSPS) is 11.1. The van der Waals surface area contributed by atoms with Crippen molar-refractivity contribution < 1.29 is 15.3 Å². The van der Waals surface area contributed by atoms with E-state index >= 15 is 0 Å². The van der Waals surface area contributed by atoms with Gasteiger partial charge in [-0.15, -0.1) is 0 Å². The van der Waals surface area contributed by atoms with Crippen LogP contribution in [0, 0.1) is 13.8 Å². The average molecular weight is 600 g/mol. The lowest BCUT2D eigenvalue weighted by Crippen LogP contribution is -1.86. The molecule has 0 aliphatic carbocycles. The van der Waals surface area contributed by atoms with Crippen molar-refractivity contribution in [3.63, 3.8) is 0 Å². The van der Waals surface area contributed by atoms with Gasteiger partial charge in [-0.1, -0.05) is 84.9 Å². The number of benzene rings is 7. The number of aromatic amines is 1. The molecule has 0 atom stereocenters. The molecule has 0 amide bonds. The van der Waals surface area contributed by atoms with Gasteiger partial charge in [0.15, 0.2) is 0 Å². The van der Waals surface area contributed by atoms with E-state index in [9.17, 15) is 15.3 Å². The third kappa shape index (κ3) is 5.31. The number of rotatable bonds is 3. The summed E-state index contributed by atoms with van der Waals surface area (Å²) >= 11 is 0. The first-order valence-corrected chi connectivity index (χ1v) is 15.3. The lowest BCUT2D eigenvalue weighted by molar-refractivity contribution is 0.470. The Morgan fingerprint density at radius 2 is 1.02 bits per heavy atom. The Labute approximate surface area is 267 Å². The van der Waals surface area contributed by atoms with Crippen LogP contribution in [0.15, 0.2) is 140 Å². The zero-order valence-corrected chi connectivity index (χ0v) is 25.6. The fourth-order valence-corrected chi connectivity index (χ4v) is 6.18. The predicted molar refractivity (Wildman–Crippen MR) is 191 cm³/mol. The molecule has 0 aliphatic heterocycles. The van der Waals surface area contributed by atoms with Crippen molar-refractivity contribution in [1.29, 1.82) is 0 Å².